The van der Waals surface area contributed by atoms with E-state index in [0.29, 0.717) is 5.56 Å². The molecule has 1 aromatic heterocycles. The Morgan fingerprint density at radius 2 is 2.18 bits per heavy atom. The maximum atomic E-state index is 12.1. The molecule has 6 heteroatoms. The standard InChI is InChI=1S/C11H14BrNO3S/c1-7(2)13(4-3-10(14)15)11(16)8-5-9(12)17-6-8/h5-7H,3-4H2,1-2H3,(H,14,15). The fourth-order valence-corrected chi connectivity index (χ4v) is 2.53. The molecule has 94 valence electrons. The first-order valence-corrected chi connectivity index (χ1v) is 6.86. The molecule has 0 saturated heterocycles. The maximum absolute atomic E-state index is 12.1. The van der Waals surface area contributed by atoms with Crippen molar-refractivity contribution in [1.29, 1.82) is 0 Å². The Labute approximate surface area is 112 Å². The first kappa shape index (κ1) is 14.2. The number of carbonyl (C=O) groups excluding carboxylic acids is 1. The number of aliphatic carboxylic acids is 1. The molecule has 0 aliphatic rings. The van der Waals surface area contributed by atoms with Crippen LogP contribution in [0, 0.1) is 0 Å². The fraction of sp³-hybridized carbons (Fsp3) is 0.455. The zero-order valence-electron chi connectivity index (χ0n) is 9.64. The lowest BCUT2D eigenvalue weighted by molar-refractivity contribution is -0.137. The van der Waals surface area contributed by atoms with Gasteiger partial charge in [-0.3, -0.25) is 9.59 Å². The third-order valence-corrected chi connectivity index (χ3v) is 3.77. The van der Waals surface area contributed by atoms with Gasteiger partial charge in [0.2, 0.25) is 0 Å². The van der Waals surface area contributed by atoms with Crippen molar-refractivity contribution in [2.75, 3.05) is 6.54 Å². The summed E-state index contributed by atoms with van der Waals surface area (Å²) in [7, 11) is 0. The Morgan fingerprint density at radius 3 is 2.59 bits per heavy atom. The van der Waals surface area contributed by atoms with Crippen molar-refractivity contribution < 1.29 is 14.7 Å². The Balaban J connectivity index is 2.77. The first-order chi connectivity index (χ1) is 7.91. The second kappa shape index (κ2) is 6.16. The molecule has 0 aliphatic heterocycles. The molecule has 0 atom stereocenters. The Morgan fingerprint density at radius 1 is 1.53 bits per heavy atom. The summed E-state index contributed by atoms with van der Waals surface area (Å²) >= 11 is 4.74. The molecule has 4 nitrogen and oxygen atoms in total. The second-order valence-electron chi connectivity index (χ2n) is 3.88. The first-order valence-electron chi connectivity index (χ1n) is 5.18. The molecule has 1 heterocycles. The van der Waals surface area contributed by atoms with Gasteiger partial charge in [0.1, 0.15) is 0 Å². The van der Waals surface area contributed by atoms with Crippen molar-refractivity contribution in [2.24, 2.45) is 0 Å². The highest BCUT2D eigenvalue weighted by atomic mass is 79.9. The third kappa shape index (κ3) is 4.12. The summed E-state index contributed by atoms with van der Waals surface area (Å²) in [6, 6.07) is 1.74. The number of hydrogen-bond acceptors (Lipinski definition) is 3. The van der Waals surface area contributed by atoms with Gasteiger partial charge in [-0.1, -0.05) is 0 Å². The van der Waals surface area contributed by atoms with Crippen LogP contribution in [0.5, 0.6) is 0 Å². The van der Waals surface area contributed by atoms with Crippen LogP contribution in [0.2, 0.25) is 0 Å². The Hall–Kier alpha value is -0.880. The molecule has 0 fully saturated rings. The summed E-state index contributed by atoms with van der Waals surface area (Å²) < 4.78 is 0.891. The van der Waals surface area contributed by atoms with Crippen LogP contribution in [0.3, 0.4) is 0 Å². The molecule has 1 amide bonds. The summed E-state index contributed by atoms with van der Waals surface area (Å²) in [6.45, 7) is 3.99. The van der Waals surface area contributed by atoms with E-state index in [1.807, 2.05) is 13.8 Å². The average Bonchev–Trinajstić information content (AvgIpc) is 2.63. The molecule has 0 radical (unpaired) electrons. The number of halogens is 1. The second-order valence-corrected chi connectivity index (χ2v) is 6.17. The van der Waals surface area contributed by atoms with E-state index in [2.05, 4.69) is 15.9 Å². The van der Waals surface area contributed by atoms with Gasteiger partial charge in [-0.2, -0.15) is 0 Å². The number of rotatable bonds is 5. The lowest BCUT2D eigenvalue weighted by Crippen LogP contribution is -2.38. The molecule has 0 unspecified atom stereocenters. The molecule has 17 heavy (non-hydrogen) atoms. The summed E-state index contributed by atoms with van der Waals surface area (Å²) in [5, 5.41) is 10.4. The summed E-state index contributed by atoms with van der Waals surface area (Å²) in [4.78, 5) is 24.2. The number of nitrogens with zero attached hydrogens (tertiary/aromatic N) is 1. The molecule has 0 aliphatic carbocycles. The summed E-state index contributed by atoms with van der Waals surface area (Å²) in [5.41, 5.74) is 0.598. The molecular weight excluding hydrogens is 306 g/mol. The van der Waals surface area contributed by atoms with Crippen LogP contribution in [-0.2, 0) is 4.79 Å². The van der Waals surface area contributed by atoms with Gasteiger partial charge in [0.15, 0.2) is 0 Å². The highest BCUT2D eigenvalue weighted by molar-refractivity contribution is 9.11. The van der Waals surface area contributed by atoms with Crippen LogP contribution in [0.25, 0.3) is 0 Å². The Kier molecular flexibility index (Phi) is 5.14. The van der Waals surface area contributed by atoms with E-state index >= 15 is 0 Å². The molecule has 0 spiro atoms. The number of hydrogen-bond donors (Lipinski definition) is 1. The minimum atomic E-state index is -0.894. The molecule has 1 rings (SSSR count). The molecular formula is C11H14BrNO3S. The predicted molar refractivity (Wildman–Crippen MR) is 70.4 cm³/mol. The van der Waals surface area contributed by atoms with Crippen LogP contribution in [0.4, 0.5) is 0 Å². The van der Waals surface area contributed by atoms with Crippen LogP contribution in [0.1, 0.15) is 30.6 Å². The average molecular weight is 320 g/mol. The van der Waals surface area contributed by atoms with Crippen molar-refractivity contribution in [3.63, 3.8) is 0 Å². The van der Waals surface area contributed by atoms with E-state index < -0.39 is 5.97 Å². The van der Waals surface area contributed by atoms with E-state index in [9.17, 15) is 9.59 Å². The number of carboxylic acids is 1. The number of amides is 1. The summed E-state index contributed by atoms with van der Waals surface area (Å²) in [5.74, 6) is -1.02. The van der Waals surface area contributed by atoms with E-state index in [0.717, 1.165) is 3.79 Å². The minimum Gasteiger partial charge on any atom is -0.481 e. The lowest BCUT2D eigenvalue weighted by atomic mass is 10.2. The summed E-state index contributed by atoms with van der Waals surface area (Å²) in [6.07, 6.45) is -0.0325. The molecule has 0 saturated carbocycles. The van der Waals surface area contributed by atoms with Gasteiger partial charge in [0.05, 0.1) is 15.8 Å². The minimum absolute atomic E-state index is 0.0134. The number of carboxylic acid groups (broad SMARTS) is 1. The zero-order valence-corrected chi connectivity index (χ0v) is 12.0. The van der Waals surface area contributed by atoms with Gasteiger partial charge >= 0.3 is 5.97 Å². The molecule has 1 aromatic rings. The topological polar surface area (TPSA) is 57.6 Å². The van der Waals surface area contributed by atoms with Crippen molar-refractivity contribution in [3.05, 3.63) is 20.8 Å². The van der Waals surface area contributed by atoms with Crippen LogP contribution < -0.4 is 0 Å². The van der Waals surface area contributed by atoms with E-state index in [4.69, 9.17) is 5.11 Å². The SMILES string of the molecule is CC(C)N(CCC(=O)O)C(=O)c1csc(Br)c1. The third-order valence-electron chi connectivity index (χ3n) is 2.27. The molecule has 0 aromatic carbocycles. The van der Waals surface area contributed by atoms with Crippen LogP contribution >= 0.6 is 27.3 Å². The number of carbonyl (C=O) groups is 2. The molecule has 0 bridgehead atoms. The predicted octanol–water partition coefficient (Wildman–Crippen LogP) is 2.84. The highest BCUT2D eigenvalue weighted by Gasteiger charge is 2.20. The Bertz CT molecular complexity index is 417. The van der Waals surface area contributed by atoms with Gasteiger partial charge in [-0.05, 0) is 35.8 Å². The van der Waals surface area contributed by atoms with Gasteiger partial charge in [-0.15, -0.1) is 11.3 Å². The van der Waals surface area contributed by atoms with E-state index in [-0.39, 0.29) is 24.9 Å². The largest absolute Gasteiger partial charge is 0.481 e. The number of thiophene rings is 1. The van der Waals surface area contributed by atoms with E-state index in [1.165, 1.54) is 11.3 Å². The van der Waals surface area contributed by atoms with Crippen molar-refractivity contribution in [2.45, 2.75) is 26.3 Å². The quantitative estimate of drug-likeness (QED) is 0.907. The normalized spacial score (nSPS) is 10.6. The van der Waals surface area contributed by atoms with Gasteiger partial charge in [-0.25, -0.2) is 0 Å². The van der Waals surface area contributed by atoms with Gasteiger partial charge < -0.3 is 10.0 Å². The van der Waals surface area contributed by atoms with Crippen LogP contribution in [0.15, 0.2) is 15.2 Å². The highest BCUT2D eigenvalue weighted by Crippen LogP contribution is 2.22. The lowest BCUT2D eigenvalue weighted by Gasteiger charge is -2.25. The van der Waals surface area contributed by atoms with Crippen molar-refractivity contribution in [1.82, 2.24) is 4.90 Å². The molecule has 1 N–H and O–H groups in total. The van der Waals surface area contributed by atoms with Crippen LogP contribution in [-0.4, -0.2) is 34.5 Å². The zero-order chi connectivity index (χ0) is 13.0. The maximum Gasteiger partial charge on any atom is 0.305 e. The van der Waals surface area contributed by atoms with Crippen molar-refractivity contribution in [3.8, 4) is 0 Å². The smallest absolute Gasteiger partial charge is 0.305 e. The monoisotopic (exact) mass is 319 g/mol. The van der Waals surface area contributed by atoms with Gasteiger partial charge in [0, 0.05) is 18.0 Å². The van der Waals surface area contributed by atoms with E-state index in [1.54, 1.807) is 16.3 Å². The van der Waals surface area contributed by atoms with Gasteiger partial charge in [0.25, 0.3) is 5.91 Å². The van der Waals surface area contributed by atoms with Crippen molar-refractivity contribution >= 4 is 39.1 Å². The fourth-order valence-electron chi connectivity index (χ4n) is 1.40.